The summed E-state index contributed by atoms with van der Waals surface area (Å²) in [5.74, 6) is -0.297. The number of aliphatic hydroxyl groups excluding tert-OH is 1. The lowest BCUT2D eigenvalue weighted by Crippen LogP contribution is -2.38. The van der Waals surface area contributed by atoms with Crippen molar-refractivity contribution in [3.05, 3.63) is 75.6 Å². The van der Waals surface area contributed by atoms with Gasteiger partial charge in [-0.25, -0.2) is 4.79 Å². The predicted molar refractivity (Wildman–Crippen MR) is 115 cm³/mol. The first kappa shape index (κ1) is 21.8. The number of fused-ring (bicyclic) bond motifs is 2. The number of ether oxygens (including phenoxy) is 1. The lowest BCUT2D eigenvalue weighted by atomic mass is 9.68. The summed E-state index contributed by atoms with van der Waals surface area (Å²) in [5, 5.41) is 24.4. The Labute approximate surface area is 185 Å². The van der Waals surface area contributed by atoms with E-state index in [1.807, 2.05) is 31.2 Å². The first-order valence-electron chi connectivity index (χ1n) is 10.4. The Morgan fingerprint density at radius 3 is 2.31 bits per heavy atom. The van der Waals surface area contributed by atoms with E-state index in [9.17, 15) is 14.7 Å². The fraction of sp³-hybridized carbons (Fsp3) is 0.348. The molecule has 32 heavy (non-hydrogen) atoms. The second-order valence-corrected chi connectivity index (χ2v) is 8.14. The third-order valence-corrected chi connectivity index (χ3v) is 6.04. The largest absolute Gasteiger partial charge is 0.465 e. The first-order chi connectivity index (χ1) is 15.4. The number of aliphatic hydroxyl groups is 1. The van der Waals surface area contributed by atoms with E-state index >= 15 is 0 Å². The van der Waals surface area contributed by atoms with E-state index in [2.05, 4.69) is 20.6 Å². The van der Waals surface area contributed by atoms with E-state index in [0.29, 0.717) is 36.2 Å². The van der Waals surface area contributed by atoms with Crippen molar-refractivity contribution in [3.8, 4) is 0 Å². The molecule has 9 heteroatoms. The van der Waals surface area contributed by atoms with Crippen LogP contribution in [0.3, 0.4) is 0 Å². The van der Waals surface area contributed by atoms with Crippen molar-refractivity contribution >= 4 is 11.8 Å². The van der Waals surface area contributed by atoms with E-state index in [4.69, 9.17) is 10.5 Å². The molecule has 0 fully saturated rings. The number of carbonyl (C=O) groups excluding carboxylic acids is 2. The normalized spacial score (nSPS) is 18.2. The third-order valence-electron chi connectivity index (χ3n) is 6.04. The minimum Gasteiger partial charge on any atom is -0.465 e. The van der Waals surface area contributed by atoms with E-state index in [1.54, 1.807) is 12.1 Å². The number of benzene rings is 2. The monoisotopic (exact) mass is 435 g/mol. The molecule has 0 bridgehead atoms. The molecule has 166 valence electrons. The minimum absolute atomic E-state index is 0.216. The van der Waals surface area contributed by atoms with Gasteiger partial charge in [0.1, 0.15) is 6.61 Å². The Kier molecular flexibility index (Phi) is 5.86. The molecule has 0 aliphatic heterocycles. The summed E-state index contributed by atoms with van der Waals surface area (Å²) >= 11 is 0. The Bertz CT molecular complexity index is 1090. The van der Waals surface area contributed by atoms with Crippen LogP contribution in [0, 0.1) is 0 Å². The third kappa shape index (κ3) is 3.59. The van der Waals surface area contributed by atoms with Gasteiger partial charge in [0, 0.05) is 11.6 Å². The first-order valence-corrected chi connectivity index (χ1v) is 10.4. The fourth-order valence-corrected chi connectivity index (χ4v) is 4.74. The van der Waals surface area contributed by atoms with Crippen LogP contribution in [0.2, 0.25) is 0 Å². The number of rotatable bonds is 6. The quantitative estimate of drug-likeness (QED) is 0.389. The van der Waals surface area contributed by atoms with Gasteiger partial charge in [-0.3, -0.25) is 4.79 Å². The topological polar surface area (TPSA) is 144 Å². The smallest absolute Gasteiger partial charge is 0.337 e. The summed E-state index contributed by atoms with van der Waals surface area (Å²) < 4.78 is 4.90. The number of carbonyl (C=O) groups is 2. The molecular weight excluding hydrogens is 410 g/mol. The second kappa shape index (κ2) is 8.60. The van der Waals surface area contributed by atoms with E-state index in [0.717, 1.165) is 22.3 Å². The number of aromatic amines is 1. The fourth-order valence-electron chi connectivity index (χ4n) is 4.74. The summed E-state index contributed by atoms with van der Waals surface area (Å²) in [6.45, 7) is 1.36. The summed E-state index contributed by atoms with van der Waals surface area (Å²) in [4.78, 5) is 24.3. The number of tetrazole rings is 1. The van der Waals surface area contributed by atoms with Gasteiger partial charge in [-0.1, -0.05) is 23.4 Å². The highest BCUT2D eigenvalue weighted by molar-refractivity contribution is 5.97. The van der Waals surface area contributed by atoms with Gasteiger partial charge in [-0.15, -0.1) is 10.2 Å². The van der Waals surface area contributed by atoms with Gasteiger partial charge in [-0.05, 0) is 66.6 Å². The molecule has 2 atom stereocenters. The van der Waals surface area contributed by atoms with Crippen LogP contribution in [0.5, 0.6) is 0 Å². The van der Waals surface area contributed by atoms with Crippen molar-refractivity contribution in [2.75, 3.05) is 13.7 Å². The molecule has 3 aromatic rings. The zero-order valence-corrected chi connectivity index (χ0v) is 18.0. The molecule has 1 aliphatic rings. The van der Waals surface area contributed by atoms with Gasteiger partial charge in [0.2, 0.25) is 0 Å². The molecule has 0 spiro atoms. The molecule has 2 aromatic carbocycles. The van der Waals surface area contributed by atoms with E-state index < -0.39 is 18.0 Å². The number of hydrogen-bond acceptors (Lipinski definition) is 8. The van der Waals surface area contributed by atoms with Crippen LogP contribution in [0.4, 0.5) is 0 Å². The molecule has 4 N–H and O–H groups in total. The second-order valence-electron chi connectivity index (χ2n) is 8.14. The maximum atomic E-state index is 12.2. The highest BCUT2D eigenvalue weighted by Crippen LogP contribution is 2.46. The van der Waals surface area contributed by atoms with E-state index in [-0.39, 0.29) is 11.8 Å². The molecule has 1 aliphatic carbocycles. The van der Waals surface area contributed by atoms with Crippen molar-refractivity contribution in [1.82, 2.24) is 20.6 Å². The van der Waals surface area contributed by atoms with Crippen molar-refractivity contribution in [1.29, 1.82) is 0 Å². The number of Topliss-reactive ketones (excluding diaryl/α,β-unsaturated/α-hetero) is 1. The van der Waals surface area contributed by atoms with Crippen LogP contribution in [0.1, 0.15) is 62.1 Å². The molecular formula is C23H25N5O4. The number of H-pyrrole nitrogens is 1. The van der Waals surface area contributed by atoms with Gasteiger partial charge >= 0.3 is 5.97 Å². The summed E-state index contributed by atoms with van der Waals surface area (Å²) in [5.41, 5.74) is 10.1. The van der Waals surface area contributed by atoms with Gasteiger partial charge in [0.25, 0.3) is 0 Å². The average molecular weight is 435 g/mol. The summed E-state index contributed by atoms with van der Waals surface area (Å²) in [6, 6.07) is 10.7. The average Bonchev–Trinajstić information content (AvgIpc) is 3.31. The maximum absolute atomic E-state index is 12.2. The van der Waals surface area contributed by atoms with Crippen LogP contribution in [0.15, 0.2) is 36.4 Å². The van der Waals surface area contributed by atoms with Crippen LogP contribution in [-0.4, -0.2) is 57.2 Å². The Morgan fingerprint density at radius 1 is 1.16 bits per heavy atom. The molecule has 0 amide bonds. The highest BCUT2D eigenvalue weighted by atomic mass is 16.5. The summed E-state index contributed by atoms with van der Waals surface area (Å²) in [6.07, 6.45) is 1.73. The van der Waals surface area contributed by atoms with Gasteiger partial charge < -0.3 is 15.6 Å². The maximum Gasteiger partial charge on any atom is 0.337 e. The van der Waals surface area contributed by atoms with Gasteiger partial charge in [0.15, 0.2) is 11.6 Å². The van der Waals surface area contributed by atoms with Gasteiger partial charge in [-0.2, -0.15) is 5.21 Å². The number of hydrogen-bond donors (Lipinski definition) is 3. The number of nitrogens with one attached hydrogen (secondary N) is 1. The SMILES string of the molecule is COC(=O)c1ccc2c(c1)CCc1cc(C(=O)CO)ccc1C2(C[C@H](C)N)c1nn[nH]n1. The van der Waals surface area contributed by atoms with Crippen LogP contribution in [-0.2, 0) is 23.0 Å². The molecule has 1 unspecified atom stereocenters. The molecule has 0 saturated carbocycles. The minimum atomic E-state index is -0.836. The van der Waals surface area contributed by atoms with Crippen LogP contribution >= 0.6 is 0 Å². The predicted octanol–water partition coefficient (Wildman–Crippen LogP) is 1.33. The molecule has 1 heterocycles. The lowest BCUT2D eigenvalue weighted by molar-refractivity contribution is 0.0600. The molecule has 4 rings (SSSR count). The Balaban J connectivity index is 2.02. The van der Waals surface area contributed by atoms with Crippen molar-refractivity contribution in [2.45, 2.75) is 37.6 Å². The zero-order chi connectivity index (χ0) is 22.9. The Morgan fingerprint density at radius 2 is 1.78 bits per heavy atom. The molecule has 1 aromatic heterocycles. The standard InChI is InChI=1S/C23H25N5O4/c1-13(24)11-23(22-25-27-28-26-22)18-7-5-16(20(30)12-29)9-14(18)3-4-15-10-17(21(31)32-2)6-8-19(15)23/h5-10,13,29H,3-4,11-12,24H2,1-2H3,(H,25,26,27,28)/t13-,23?/m0/s1. The number of ketones is 1. The number of methoxy groups -OCH3 is 1. The van der Waals surface area contributed by atoms with Crippen LogP contribution < -0.4 is 5.73 Å². The van der Waals surface area contributed by atoms with Crippen molar-refractivity contribution in [2.24, 2.45) is 5.73 Å². The van der Waals surface area contributed by atoms with Crippen LogP contribution in [0.25, 0.3) is 0 Å². The molecule has 0 radical (unpaired) electrons. The van der Waals surface area contributed by atoms with E-state index in [1.165, 1.54) is 7.11 Å². The number of nitrogens with zero attached hydrogens (tertiary/aromatic N) is 3. The molecule has 0 saturated heterocycles. The Hall–Kier alpha value is -3.43. The van der Waals surface area contributed by atoms with Gasteiger partial charge in [0.05, 0.1) is 18.1 Å². The molecule has 9 nitrogen and oxygen atoms in total. The highest BCUT2D eigenvalue weighted by Gasteiger charge is 2.45. The zero-order valence-electron chi connectivity index (χ0n) is 18.0. The number of esters is 1. The summed E-state index contributed by atoms with van der Waals surface area (Å²) in [7, 11) is 1.35. The number of aryl methyl sites for hydroxylation is 2. The number of nitrogens with two attached hydrogens (primary N) is 1. The lowest BCUT2D eigenvalue weighted by Gasteiger charge is -2.35. The number of aromatic nitrogens is 4. The van der Waals surface area contributed by atoms with Crippen molar-refractivity contribution in [3.63, 3.8) is 0 Å². The van der Waals surface area contributed by atoms with Crippen molar-refractivity contribution < 1.29 is 19.4 Å².